The van der Waals surface area contributed by atoms with E-state index in [0.29, 0.717) is 6.04 Å². The molecule has 0 saturated carbocycles. The zero-order chi connectivity index (χ0) is 14.8. The molecule has 6 heteroatoms. The van der Waals surface area contributed by atoms with E-state index in [1.54, 1.807) is 0 Å². The number of fused-ring (bicyclic) bond motifs is 1. The van der Waals surface area contributed by atoms with Gasteiger partial charge in [-0.2, -0.15) is 0 Å². The summed E-state index contributed by atoms with van der Waals surface area (Å²) in [5.41, 5.74) is 5.20. The molecular weight excluding hydrogens is 264 g/mol. The minimum Gasteiger partial charge on any atom is -0.308 e. The van der Waals surface area contributed by atoms with Crippen LogP contribution in [0.4, 0.5) is 5.82 Å². The maximum atomic E-state index is 5.67. The number of rotatable bonds is 3. The first kappa shape index (κ1) is 14.7. The third-order valence-electron chi connectivity index (χ3n) is 4.76. The number of nitrogens with zero attached hydrogens (tertiary/aromatic N) is 4. The highest BCUT2D eigenvalue weighted by Crippen LogP contribution is 2.25. The molecule has 3 N–H and O–H groups in total. The van der Waals surface area contributed by atoms with Crippen molar-refractivity contribution in [1.82, 2.24) is 19.8 Å². The third kappa shape index (κ3) is 3.17. The zero-order valence-corrected chi connectivity index (χ0v) is 13.1. The van der Waals surface area contributed by atoms with Crippen molar-refractivity contribution in [1.29, 1.82) is 0 Å². The topological polar surface area (TPSA) is 70.3 Å². The molecule has 21 heavy (non-hydrogen) atoms. The number of aromatic nitrogens is 2. The highest BCUT2D eigenvalue weighted by atomic mass is 15.3. The second-order valence-electron chi connectivity index (χ2n) is 6.37. The average molecular weight is 290 g/mol. The number of nitrogen functional groups attached to an aromatic ring is 1. The number of hydrogen-bond donors (Lipinski definition) is 2. The molecule has 1 aromatic heterocycles. The monoisotopic (exact) mass is 290 g/mol. The van der Waals surface area contributed by atoms with Crippen molar-refractivity contribution in [2.45, 2.75) is 38.1 Å². The van der Waals surface area contributed by atoms with E-state index in [9.17, 15) is 0 Å². The molecule has 0 aromatic carbocycles. The van der Waals surface area contributed by atoms with Gasteiger partial charge in [-0.05, 0) is 39.8 Å². The second kappa shape index (κ2) is 6.25. The number of anilines is 1. The summed E-state index contributed by atoms with van der Waals surface area (Å²) >= 11 is 0. The molecule has 1 aliphatic heterocycles. The lowest BCUT2D eigenvalue weighted by molar-refractivity contribution is 0.113. The average Bonchev–Trinajstić information content (AvgIpc) is 2.50. The number of likely N-dealkylation sites (N-methyl/N-ethyl adjacent to an activating group) is 2. The molecular formula is C15H26N6. The van der Waals surface area contributed by atoms with Gasteiger partial charge in [0, 0.05) is 43.4 Å². The summed E-state index contributed by atoms with van der Waals surface area (Å²) < 4.78 is 0. The molecule has 1 fully saturated rings. The van der Waals surface area contributed by atoms with Crippen LogP contribution in [0.25, 0.3) is 0 Å². The molecule has 1 unspecified atom stereocenters. The van der Waals surface area contributed by atoms with Crippen LogP contribution in [-0.2, 0) is 19.3 Å². The molecule has 0 spiro atoms. The lowest BCUT2D eigenvalue weighted by Gasteiger charge is -2.37. The van der Waals surface area contributed by atoms with Crippen molar-refractivity contribution in [3.63, 3.8) is 0 Å². The van der Waals surface area contributed by atoms with E-state index in [1.807, 2.05) is 0 Å². The lowest BCUT2D eigenvalue weighted by Crippen LogP contribution is -2.51. The number of hydrogen-bond acceptors (Lipinski definition) is 6. The largest absolute Gasteiger partial charge is 0.308 e. The fourth-order valence-electron chi connectivity index (χ4n) is 3.39. The van der Waals surface area contributed by atoms with Crippen molar-refractivity contribution >= 4 is 5.82 Å². The summed E-state index contributed by atoms with van der Waals surface area (Å²) in [7, 11) is 4.37. The van der Waals surface area contributed by atoms with Crippen LogP contribution in [0.5, 0.6) is 0 Å². The van der Waals surface area contributed by atoms with Gasteiger partial charge in [-0.1, -0.05) is 0 Å². The number of nitrogens with one attached hydrogen (secondary N) is 1. The summed E-state index contributed by atoms with van der Waals surface area (Å²) in [5.74, 6) is 7.43. The van der Waals surface area contributed by atoms with Crippen molar-refractivity contribution < 1.29 is 0 Å². The first-order chi connectivity index (χ1) is 10.2. The summed E-state index contributed by atoms with van der Waals surface area (Å²) in [6.07, 6.45) is 5.42. The minimum atomic E-state index is 0.482. The first-order valence-corrected chi connectivity index (χ1v) is 7.91. The predicted molar refractivity (Wildman–Crippen MR) is 84.1 cm³/mol. The second-order valence-corrected chi connectivity index (χ2v) is 6.37. The Kier molecular flexibility index (Phi) is 4.37. The van der Waals surface area contributed by atoms with E-state index >= 15 is 0 Å². The highest BCUT2D eigenvalue weighted by molar-refractivity contribution is 5.46. The number of piperazine rings is 1. The summed E-state index contributed by atoms with van der Waals surface area (Å²) in [4.78, 5) is 14.3. The van der Waals surface area contributed by atoms with Crippen LogP contribution < -0.4 is 11.3 Å². The maximum Gasteiger partial charge on any atom is 0.147 e. The molecule has 6 nitrogen and oxygen atoms in total. The molecule has 116 valence electrons. The van der Waals surface area contributed by atoms with Gasteiger partial charge in [0.25, 0.3) is 0 Å². The van der Waals surface area contributed by atoms with Gasteiger partial charge in [-0.25, -0.2) is 15.8 Å². The Morgan fingerprint density at radius 3 is 2.81 bits per heavy atom. The van der Waals surface area contributed by atoms with Gasteiger partial charge in [0.05, 0.1) is 0 Å². The van der Waals surface area contributed by atoms with E-state index in [-0.39, 0.29) is 0 Å². The van der Waals surface area contributed by atoms with Crippen molar-refractivity contribution in [2.24, 2.45) is 5.84 Å². The Morgan fingerprint density at radius 2 is 2.00 bits per heavy atom. The van der Waals surface area contributed by atoms with E-state index in [4.69, 9.17) is 10.8 Å². The van der Waals surface area contributed by atoms with Crippen LogP contribution in [0.2, 0.25) is 0 Å². The molecule has 0 amide bonds. The SMILES string of the molecule is CN1CCN(C)C(Cc2nc3c(c(NN)n2)CCCC3)C1. The standard InChI is InChI=1S/C15H26N6/c1-20-7-8-21(2)11(10-20)9-14-17-13-6-4-3-5-12(13)15(18-14)19-16/h11H,3-10,16H2,1-2H3,(H,17,18,19). The predicted octanol–water partition coefficient (Wildman–Crippen LogP) is 0.429. The van der Waals surface area contributed by atoms with E-state index < -0.39 is 0 Å². The maximum absolute atomic E-state index is 5.67. The normalized spacial score (nSPS) is 23.9. The summed E-state index contributed by atoms with van der Waals surface area (Å²) in [6.45, 7) is 3.31. The summed E-state index contributed by atoms with van der Waals surface area (Å²) in [5, 5.41) is 0. The molecule has 2 heterocycles. The molecule has 0 bridgehead atoms. The van der Waals surface area contributed by atoms with Crippen LogP contribution in [0.15, 0.2) is 0 Å². The Hall–Kier alpha value is -1.24. The number of aryl methyl sites for hydroxylation is 1. The van der Waals surface area contributed by atoms with Crippen LogP contribution in [-0.4, -0.2) is 59.5 Å². The van der Waals surface area contributed by atoms with Crippen LogP contribution in [0, 0.1) is 0 Å². The van der Waals surface area contributed by atoms with Gasteiger partial charge in [0.15, 0.2) is 0 Å². The van der Waals surface area contributed by atoms with Crippen molar-refractivity contribution in [3.8, 4) is 0 Å². The minimum absolute atomic E-state index is 0.482. The van der Waals surface area contributed by atoms with Crippen molar-refractivity contribution in [3.05, 3.63) is 17.1 Å². The molecule has 3 rings (SSSR count). The molecule has 1 saturated heterocycles. The molecule has 2 aliphatic rings. The first-order valence-electron chi connectivity index (χ1n) is 7.91. The van der Waals surface area contributed by atoms with Gasteiger partial charge in [0.1, 0.15) is 11.6 Å². The van der Waals surface area contributed by atoms with E-state index in [2.05, 4.69) is 34.3 Å². The summed E-state index contributed by atoms with van der Waals surface area (Å²) in [6, 6.07) is 0.482. The molecule has 1 aromatic rings. The lowest BCUT2D eigenvalue weighted by atomic mass is 9.96. The van der Waals surface area contributed by atoms with Gasteiger partial charge in [0.2, 0.25) is 0 Å². The number of nitrogens with two attached hydrogens (primary N) is 1. The fourth-order valence-corrected chi connectivity index (χ4v) is 3.39. The van der Waals surface area contributed by atoms with Crippen molar-refractivity contribution in [2.75, 3.05) is 39.2 Å². The smallest absolute Gasteiger partial charge is 0.147 e. The Balaban J connectivity index is 1.81. The quantitative estimate of drug-likeness (QED) is 0.621. The van der Waals surface area contributed by atoms with Gasteiger partial charge in [-0.15, -0.1) is 0 Å². The molecule has 1 atom stereocenters. The highest BCUT2D eigenvalue weighted by Gasteiger charge is 2.25. The molecule has 0 radical (unpaired) electrons. The van der Waals surface area contributed by atoms with Crippen LogP contribution in [0.1, 0.15) is 29.9 Å². The van der Waals surface area contributed by atoms with Gasteiger partial charge in [-0.3, -0.25) is 0 Å². The van der Waals surface area contributed by atoms with E-state index in [1.165, 1.54) is 24.1 Å². The van der Waals surface area contributed by atoms with E-state index in [0.717, 1.165) is 50.5 Å². The van der Waals surface area contributed by atoms with Gasteiger partial charge < -0.3 is 15.2 Å². The molecule has 1 aliphatic carbocycles. The Bertz CT molecular complexity index is 486. The van der Waals surface area contributed by atoms with Crippen LogP contribution in [0.3, 0.4) is 0 Å². The third-order valence-corrected chi connectivity index (χ3v) is 4.76. The fraction of sp³-hybridized carbons (Fsp3) is 0.733. The van der Waals surface area contributed by atoms with Crippen LogP contribution >= 0.6 is 0 Å². The van der Waals surface area contributed by atoms with Gasteiger partial charge >= 0.3 is 0 Å². The Morgan fingerprint density at radius 1 is 1.19 bits per heavy atom. The Labute approximate surface area is 126 Å². The zero-order valence-electron chi connectivity index (χ0n) is 13.1. The number of hydrazine groups is 1.